The zero-order valence-electron chi connectivity index (χ0n) is 13.6. The summed E-state index contributed by atoms with van der Waals surface area (Å²) in [6.45, 7) is 10.8. The van der Waals surface area contributed by atoms with Crippen LogP contribution in [0.4, 0.5) is 0 Å². The fraction of sp³-hybridized carbons (Fsp3) is 0.500. The average molecular weight is 302 g/mol. The van der Waals surface area contributed by atoms with E-state index in [1.54, 1.807) is 0 Å². The first-order chi connectivity index (χ1) is 10.2. The quantitative estimate of drug-likeness (QED) is 0.804. The molecule has 0 aliphatic carbocycles. The number of nitrogens with one attached hydrogen (secondary N) is 1. The summed E-state index contributed by atoms with van der Waals surface area (Å²) in [6.07, 6.45) is 2.17. The van der Waals surface area contributed by atoms with Crippen molar-refractivity contribution in [1.29, 1.82) is 0 Å². The predicted molar refractivity (Wildman–Crippen MR) is 92.0 cm³/mol. The normalized spacial score (nSPS) is 11.8. The summed E-state index contributed by atoms with van der Waals surface area (Å²) in [5.41, 5.74) is 2.62. The Morgan fingerprint density at radius 3 is 2.33 bits per heavy atom. The molecule has 1 aromatic carbocycles. The van der Waals surface area contributed by atoms with Crippen LogP contribution in [0.15, 0.2) is 30.3 Å². The van der Waals surface area contributed by atoms with E-state index in [0.29, 0.717) is 0 Å². The molecule has 0 unspecified atom stereocenters. The number of nitrogens with zero attached hydrogens (tertiary/aromatic N) is 1. The summed E-state index contributed by atoms with van der Waals surface area (Å²) in [4.78, 5) is 6.30. The largest absolute Gasteiger partial charge is 0.312 e. The molecule has 1 aromatic heterocycles. The molecule has 0 spiro atoms. The third-order valence-corrected chi connectivity index (χ3v) is 5.73. The van der Waals surface area contributed by atoms with Gasteiger partial charge in [0, 0.05) is 16.8 Å². The number of benzene rings is 1. The topological polar surface area (TPSA) is 24.9 Å². The highest BCUT2D eigenvalue weighted by Crippen LogP contribution is 2.41. The van der Waals surface area contributed by atoms with Gasteiger partial charge in [-0.1, -0.05) is 51.1 Å². The van der Waals surface area contributed by atoms with Crippen LogP contribution in [0.3, 0.4) is 0 Å². The van der Waals surface area contributed by atoms with E-state index in [9.17, 15) is 0 Å². The SMILES string of the molecule is CCNCc1sc(C(CC)(CC)c2ccccc2)nc1C. The van der Waals surface area contributed by atoms with E-state index in [1.807, 2.05) is 11.3 Å². The molecule has 0 amide bonds. The molecule has 21 heavy (non-hydrogen) atoms. The lowest BCUT2D eigenvalue weighted by atomic mass is 9.76. The van der Waals surface area contributed by atoms with Crippen molar-refractivity contribution in [1.82, 2.24) is 10.3 Å². The lowest BCUT2D eigenvalue weighted by Crippen LogP contribution is -2.25. The monoisotopic (exact) mass is 302 g/mol. The average Bonchev–Trinajstić information content (AvgIpc) is 2.89. The van der Waals surface area contributed by atoms with Crippen molar-refractivity contribution in [2.24, 2.45) is 0 Å². The number of rotatable bonds is 7. The minimum atomic E-state index is 0.0567. The summed E-state index contributed by atoms with van der Waals surface area (Å²) in [5.74, 6) is 0. The number of hydrogen-bond acceptors (Lipinski definition) is 3. The van der Waals surface area contributed by atoms with Gasteiger partial charge in [-0.05, 0) is 31.9 Å². The highest BCUT2D eigenvalue weighted by molar-refractivity contribution is 7.12. The van der Waals surface area contributed by atoms with Crippen LogP contribution in [-0.4, -0.2) is 11.5 Å². The lowest BCUT2D eigenvalue weighted by molar-refractivity contribution is 0.475. The molecule has 0 bridgehead atoms. The minimum absolute atomic E-state index is 0.0567. The lowest BCUT2D eigenvalue weighted by Gasteiger charge is -2.30. The smallest absolute Gasteiger partial charge is 0.104 e. The van der Waals surface area contributed by atoms with Crippen LogP contribution in [-0.2, 0) is 12.0 Å². The van der Waals surface area contributed by atoms with Gasteiger partial charge in [-0.25, -0.2) is 4.98 Å². The zero-order valence-corrected chi connectivity index (χ0v) is 14.4. The second kappa shape index (κ2) is 7.19. The third kappa shape index (κ3) is 3.19. The second-order valence-electron chi connectivity index (χ2n) is 5.46. The molecule has 1 heterocycles. The molecule has 0 aliphatic heterocycles. The molecule has 114 valence electrons. The van der Waals surface area contributed by atoms with Crippen molar-refractivity contribution < 1.29 is 0 Å². The fourth-order valence-electron chi connectivity index (χ4n) is 2.88. The van der Waals surface area contributed by atoms with Crippen molar-refractivity contribution >= 4 is 11.3 Å². The molecule has 0 radical (unpaired) electrons. The van der Waals surface area contributed by atoms with Crippen molar-refractivity contribution in [3.05, 3.63) is 51.5 Å². The first-order valence-electron chi connectivity index (χ1n) is 7.91. The van der Waals surface area contributed by atoms with E-state index in [2.05, 4.69) is 63.3 Å². The van der Waals surface area contributed by atoms with Crippen LogP contribution in [0.25, 0.3) is 0 Å². The molecule has 2 rings (SSSR count). The van der Waals surface area contributed by atoms with Crippen LogP contribution in [0, 0.1) is 6.92 Å². The van der Waals surface area contributed by atoms with Gasteiger partial charge in [0.25, 0.3) is 0 Å². The summed E-state index contributed by atoms with van der Waals surface area (Å²) < 4.78 is 0. The summed E-state index contributed by atoms with van der Waals surface area (Å²) >= 11 is 1.88. The predicted octanol–water partition coefficient (Wildman–Crippen LogP) is 4.67. The van der Waals surface area contributed by atoms with Crippen molar-refractivity contribution in [3.8, 4) is 0 Å². The van der Waals surface area contributed by atoms with Gasteiger partial charge in [-0.15, -0.1) is 11.3 Å². The van der Waals surface area contributed by atoms with E-state index < -0.39 is 0 Å². The standard InChI is InChI=1S/C18H26N2S/c1-5-18(6-2,15-11-9-8-10-12-15)17-20-14(4)16(21-17)13-19-7-3/h8-12,19H,5-7,13H2,1-4H3. The maximum atomic E-state index is 4.93. The van der Waals surface area contributed by atoms with Crippen molar-refractivity contribution in [2.75, 3.05) is 6.54 Å². The van der Waals surface area contributed by atoms with E-state index in [0.717, 1.165) is 25.9 Å². The Bertz CT molecular complexity index is 556. The number of hydrogen-bond donors (Lipinski definition) is 1. The molecule has 0 fully saturated rings. The van der Waals surface area contributed by atoms with Gasteiger partial charge in [-0.2, -0.15) is 0 Å². The Morgan fingerprint density at radius 2 is 1.76 bits per heavy atom. The maximum Gasteiger partial charge on any atom is 0.104 e. The molecule has 0 saturated carbocycles. The van der Waals surface area contributed by atoms with E-state index in [-0.39, 0.29) is 5.41 Å². The molecule has 0 atom stereocenters. The van der Waals surface area contributed by atoms with Crippen molar-refractivity contribution in [3.63, 3.8) is 0 Å². The third-order valence-electron chi connectivity index (χ3n) is 4.37. The number of aryl methyl sites for hydroxylation is 1. The van der Waals surface area contributed by atoms with Crippen molar-refractivity contribution in [2.45, 2.75) is 52.5 Å². The Hall–Kier alpha value is -1.19. The molecule has 3 heteroatoms. The van der Waals surface area contributed by atoms with Gasteiger partial charge in [-0.3, -0.25) is 0 Å². The molecule has 0 aliphatic rings. The molecular weight excluding hydrogens is 276 g/mol. The number of thiazole rings is 1. The molecule has 2 aromatic rings. The summed E-state index contributed by atoms with van der Waals surface area (Å²) in [7, 11) is 0. The van der Waals surface area contributed by atoms with Gasteiger partial charge in [0.2, 0.25) is 0 Å². The summed E-state index contributed by atoms with van der Waals surface area (Å²) in [6, 6.07) is 10.8. The van der Waals surface area contributed by atoms with Crippen LogP contribution in [0.2, 0.25) is 0 Å². The van der Waals surface area contributed by atoms with E-state index in [1.165, 1.54) is 21.1 Å². The van der Waals surface area contributed by atoms with Crippen LogP contribution in [0.1, 0.15) is 54.8 Å². The van der Waals surface area contributed by atoms with Gasteiger partial charge >= 0.3 is 0 Å². The van der Waals surface area contributed by atoms with E-state index >= 15 is 0 Å². The zero-order chi connectivity index (χ0) is 15.3. The Balaban J connectivity index is 2.44. The van der Waals surface area contributed by atoms with Gasteiger partial charge in [0.05, 0.1) is 5.69 Å². The maximum absolute atomic E-state index is 4.93. The first-order valence-corrected chi connectivity index (χ1v) is 8.72. The summed E-state index contributed by atoms with van der Waals surface area (Å²) in [5, 5.41) is 4.68. The minimum Gasteiger partial charge on any atom is -0.312 e. The van der Waals surface area contributed by atoms with Gasteiger partial charge in [0.1, 0.15) is 5.01 Å². The van der Waals surface area contributed by atoms with E-state index in [4.69, 9.17) is 4.98 Å². The molecule has 1 N–H and O–H groups in total. The Labute approximate surface area is 132 Å². The highest BCUT2D eigenvalue weighted by atomic mass is 32.1. The highest BCUT2D eigenvalue weighted by Gasteiger charge is 2.34. The van der Waals surface area contributed by atoms with Crippen LogP contribution in [0.5, 0.6) is 0 Å². The molecular formula is C18H26N2S. The van der Waals surface area contributed by atoms with Crippen LogP contribution < -0.4 is 5.32 Å². The second-order valence-corrected chi connectivity index (χ2v) is 6.55. The van der Waals surface area contributed by atoms with Gasteiger partial charge < -0.3 is 5.32 Å². The fourth-order valence-corrected chi connectivity index (χ4v) is 4.26. The van der Waals surface area contributed by atoms with Gasteiger partial charge in [0.15, 0.2) is 0 Å². The Kier molecular flexibility index (Phi) is 5.54. The first kappa shape index (κ1) is 16.2. The number of aromatic nitrogens is 1. The van der Waals surface area contributed by atoms with Crippen LogP contribution >= 0.6 is 11.3 Å². The molecule has 2 nitrogen and oxygen atoms in total. The Morgan fingerprint density at radius 1 is 1.10 bits per heavy atom. The molecule has 0 saturated heterocycles.